The van der Waals surface area contributed by atoms with E-state index in [1.54, 1.807) is 0 Å². The molecule has 0 aliphatic heterocycles. The first-order valence-corrected chi connectivity index (χ1v) is 21.4. The summed E-state index contributed by atoms with van der Waals surface area (Å²) in [4.78, 5) is 34.8. The van der Waals surface area contributed by atoms with Crippen molar-refractivity contribution in [2.24, 2.45) is 5.73 Å². The molecule has 11 nitrogen and oxygen atoms in total. The molecule has 0 radical (unpaired) electrons. The molecule has 1 unspecified atom stereocenters. The zero-order valence-electron chi connectivity index (χ0n) is 32.7. The summed E-state index contributed by atoms with van der Waals surface area (Å²) in [5, 5.41) is 20.6. The lowest BCUT2D eigenvalue weighted by atomic mass is 10.0. The first-order chi connectivity index (χ1) is 25.6. The van der Waals surface area contributed by atoms with Crippen LogP contribution in [0.5, 0.6) is 0 Å². The molecule has 0 aromatic heterocycles. The fourth-order valence-corrected chi connectivity index (χ4v) is 5.77. The highest BCUT2D eigenvalue weighted by atomic mass is 31.2. The van der Waals surface area contributed by atoms with Crippen molar-refractivity contribution in [3.05, 3.63) is 60.8 Å². The smallest absolute Gasteiger partial charge is 0.462 e. The first kappa shape index (κ1) is 50.6. The van der Waals surface area contributed by atoms with Crippen LogP contribution < -0.4 is 5.73 Å². The molecule has 53 heavy (non-hydrogen) atoms. The van der Waals surface area contributed by atoms with E-state index in [0.717, 1.165) is 64.2 Å². The van der Waals surface area contributed by atoms with Gasteiger partial charge in [0.25, 0.3) is 0 Å². The Kier molecular flexibility index (Phi) is 35.0. The molecule has 0 spiro atoms. The molecule has 0 aromatic carbocycles. The molecule has 0 heterocycles. The minimum absolute atomic E-state index is 0.00984. The summed E-state index contributed by atoms with van der Waals surface area (Å²) in [5.41, 5.74) is 5.32. The third kappa shape index (κ3) is 35.1. The Bertz CT molecular complexity index is 1090. The van der Waals surface area contributed by atoms with Gasteiger partial charge in [0, 0.05) is 19.4 Å². The Morgan fingerprint density at radius 1 is 0.660 bits per heavy atom. The fourth-order valence-electron chi connectivity index (χ4n) is 5.01. The topological polar surface area (TPSA) is 175 Å². The third-order valence-corrected chi connectivity index (χ3v) is 9.07. The van der Waals surface area contributed by atoms with E-state index in [9.17, 15) is 29.3 Å². The first-order valence-electron chi connectivity index (χ1n) is 19.9. The molecular weight excluding hydrogens is 697 g/mol. The van der Waals surface area contributed by atoms with Crippen LogP contribution in [0.15, 0.2) is 60.8 Å². The van der Waals surface area contributed by atoms with Crippen molar-refractivity contribution in [2.75, 3.05) is 26.4 Å². The summed E-state index contributed by atoms with van der Waals surface area (Å²) >= 11 is 0. The summed E-state index contributed by atoms with van der Waals surface area (Å²) in [6.45, 7) is 3.23. The van der Waals surface area contributed by atoms with E-state index in [2.05, 4.69) is 56.4 Å². The van der Waals surface area contributed by atoms with Crippen molar-refractivity contribution in [3.63, 3.8) is 0 Å². The van der Waals surface area contributed by atoms with E-state index in [4.69, 9.17) is 24.3 Å². The number of esters is 2. The number of carbonyl (C=O) groups excluding carboxylic acids is 2. The highest BCUT2D eigenvalue weighted by Gasteiger charge is 2.26. The molecule has 0 aliphatic carbocycles. The van der Waals surface area contributed by atoms with E-state index in [1.807, 2.05) is 18.2 Å². The molecule has 4 atom stereocenters. The van der Waals surface area contributed by atoms with E-state index >= 15 is 0 Å². The van der Waals surface area contributed by atoms with Gasteiger partial charge in [-0.15, -0.1) is 0 Å². The van der Waals surface area contributed by atoms with E-state index in [1.165, 1.54) is 25.7 Å². The molecule has 0 amide bonds. The van der Waals surface area contributed by atoms with Crippen molar-refractivity contribution in [3.8, 4) is 0 Å². The molecule has 306 valence electrons. The van der Waals surface area contributed by atoms with E-state index in [0.29, 0.717) is 6.42 Å². The molecule has 0 bridgehead atoms. The van der Waals surface area contributed by atoms with Gasteiger partial charge < -0.3 is 30.3 Å². The number of carbonyl (C=O) groups is 2. The maximum atomic E-state index is 12.5. The van der Waals surface area contributed by atoms with Gasteiger partial charge >= 0.3 is 19.8 Å². The summed E-state index contributed by atoms with van der Waals surface area (Å²) in [7, 11) is -4.45. The van der Waals surface area contributed by atoms with Gasteiger partial charge in [-0.05, 0) is 77.0 Å². The molecule has 0 rings (SSSR count). The van der Waals surface area contributed by atoms with Crippen molar-refractivity contribution in [2.45, 2.75) is 161 Å². The molecule has 0 saturated carbocycles. The van der Waals surface area contributed by atoms with Crippen LogP contribution in [0.4, 0.5) is 0 Å². The van der Waals surface area contributed by atoms with Crippen LogP contribution in [0, 0.1) is 0 Å². The maximum absolute atomic E-state index is 12.5. The maximum Gasteiger partial charge on any atom is 0.472 e. The number of allylic oxidation sites excluding steroid dienone is 9. The van der Waals surface area contributed by atoms with Crippen molar-refractivity contribution < 1.29 is 47.8 Å². The van der Waals surface area contributed by atoms with Crippen LogP contribution >= 0.6 is 7.82 Å². The van der Waals surface area contributed by atoms with Crippen LogP contribution in [-0.2, 0) is 32.7 Å². The van der Waals surface area contributed by atoms with Gasteiger partial charge in [-0.2, -0.15) is 0 Å². The highest BCUT2D eigenvalue weighted by molar-refractivity contribution is 7.47. The second-order valence-electron chi connectivity index (χ2n) is 13.1. The largest absolute Gasteiger partial charge is 0.472 e. The number of nitrogens with two attached hydrogens (primary N) is 1. The number of aliphatic hydroxyl groups is 2. The monoisotopic (exact) mass is 769 g/mol. The zero-order valence-corrected chi connectivity index (χ0v) is 33.6. The number of unbranched alkanes of at least 4 members (excludes halogenated alkanes) is 9. The number of phosphoric ester groups is 1. The number of hydrogen-bond donors (Lipinski definition) is 4. The Hall–Kier alpha value is -2.37. The molecule has 12 heteroatoms. The van der Waals surface area contributed by atoms with Gasteiger partial charge in [-0.25, -0.2) is 4.57 Å². The van der Waals surface area contributed by atoms with Gasteiger partial charge in [0.2, 0.25) is 0 Å². The number of aliphatic hydroxyl groups excluding tert-OH is 2. The highest BCUT2D eigenvalue weighted by Crippen LogP contribution is 2.43. The lowest BCUT2D eigenvalue weighted by Crippen LogP contribution is -2.30. The second-order valence-corrected chi connectivity index (χ2v) is 14.5. The average molecular weight is 770 g/mol. The minimum atomic E-state index is -4.45. The molecule has 5 N–H and O–H groups in total. The van der Waals surface area contributed by atoms with Crippen LogP contribution in [0.3, 0.4) is 0 Å². The van der Waals surface area contributed by atoms with Gasteiger partial charge in [-0.1, -0.05) is 113 Å². The minimum Gasteiger partial charge on any atom is -0.462 e. The normalized spacial score (nSPS) is 15.2. The number of hydrogen-bond acceptors (Lipinski definition) is 10. The molecular formula is C41H72NO10P. The molecule has 0 saturated heterocycles. The quantitative estimate of drug-likeness (QED) is 0.0207. The van der Waals surface area contributed by atoms with E-state index < -0.39 is 44.7 Å². The summed E-state index contributed by atoms with van der Waals surface area (Å²) in [5.74, 6) is -1.13. The average Bonchev–Trinajstić information content (AvgIpc) is 3.14. The Labute approximate surface area is 320 Å². The standard InChI is InChI=1S/C41H72NO10P/c1-3-5-7-9-11-13-15-17-19-21-23-25-27-31-41(46)52-37(36-51-53(47,48)50-34-33-42)35-49-40(45)32-28-30-39(44)38(43)29-26-24-22-20-18-16-14-12-10-8-6-4-2/h6,8,12-15,18,20,24,26,37-39,43-44H,3-5,7,9-11,16-17,19,21-23,25,27-36,42H2,1-2H3,(H,47,48)/b8-6-,14-12-,15-13-,20-18-,26-24-/t37-,38+,39+/m1/s1. The van der Waals surface area contributed by atoms with Gasteiger partial charge in [-0.3, -0.25) is 18.6 Å². The van der Waals surface area contributed by atoms with Crippen LogP contribution in [0.25, 0.3) is 0 Å². The number of phosphoric acid groups is 1. The lowest BCUT2D eigenvalue weighted by molar-refractivity contribution is -0.161. The van der Waals surface area contributed by atoms with Crippen LogP contribution in [-0.4, -0.2) is 71.7 Å². The number of ether oxygens (including phenoxy) is 2. The zero-order chi connectivity index (χ0) is 39.3. The molecule has 0 aliphatic rings. The molecule has 0 fully saturated rings. The lowest BCUT2D eigenvalue weighted by Gasteiger charge is -2.20. The second kappa shape index (κ2) is 36.6. The Morgan fingerprint density at radius 3 is 1.85 bits per heavy atom. The SMILES string of the molecule is CC/C=C\C/C=C\C/C=C\C/C=C\C[C@H](O)[C@@H](O)CCCC(=O)OC[C@H](COP(=O)(O)OCCN)OC(=O)CCCCCCC/C=C\CCCCCC. The fraction of sp³-hybridized carbons (Fsp3) is 0.707. The predicted octanol–water partition coefficient (Wildman–Crippen LogP) is 8.88. The summed E-state index contributed by atoms with van der Waals surface area (Å²) in [6, 6.07) is 0. The van der Waals surface area contributed by atoms with Crippen molar-refractivity contribution in [1.82, 2.24) is 0 Å². The van der Waals surface area contributed by atoms with Crippen LogP contribution in [0.1, 0.15) is 142 Å². The number of rotatable bonds is 36. The Balaban J connectivity index is 4.48. The van der Waals surface area contributed by atoms with Crippen LogP contribution in [0.2, 0.25) is 0 Å². The predicted molar refractivity (Wildman–Crippen MR) is 213 cm³/mol. The summed E-state index contributed by atoms with van der Waals surface area (Å²) in [6.07, 6.45) is 34.3. The van der Waals surface area contributed by atoms with Crippen molar-refractivity contribution in [1.29, 1.82) is 0 Å². The van der Waals surface area contributed by atoms with E-state index in [-0.39, 0.29) is 51.9 Å². The molecule has 0 aromatic rings. The van der Waals surface area contributed by atoms with Gasteiger partial charge in [0.15, 0.2) is 6.10 Å². The summed E-state index contributed by atoms with van der Waals surface area (Å²) < 4.78 is 32.5. The van der Waals surface area contributed by atoms with Crippen molar-refractivity contribution >= 4 is 19.8 Å². The Morgan fingerprint density at radius 2 is 1.23 bits per heavy atom. The third-order valence-electron chi connectivity index (χ3n) is 8.09. The van der Waals surface area contributed by atoms with Gasteiger partial charge in [0.1, 0.15) is 6.61 Å². The van der Waals surface area contributed by atoms with Gasteiger partial charge in [0.05, 0.1) is 25.4 Å².